The molecule has 0 saturated carbocycles. The van der Waals surface area contributed by atoms with Crippen LogP contribution in [0.3, 0.4) is 0 Å². The van der Waals surface area contributed by atoms with Crippen LogP contribution in [0.2, 0.25) is 0 Å². The van der Waals surface area contributed by atoms with Gasteiger partial charge in [0.15, 0.2) is 0 Å². The maximum absolute atomic E-state index is 12.1. The highest BCUT2D eigenvalue weighted by molar-refractivity contribution is 5.89. The fourth-order valence-electron chi connectivity index (χ4n) is 2.45. The van der Waals surface area contributed by atoms with E-state index in [0.29, 0.717) is 18.1 Å². The maximum atomic E-state index is 12.1. The van der Waals surface area contributed by atoms with Gasteiger partial charge in [0.1, 0.15) is 11.5 Å². The lowest BCUT2D eigenvalue weighted by atomic mass is 10.1. The summed E-state index contributed by atoms with van der Waals surface area (Å²) in [4.78, 5) is 12.1. The molecule has 0 amide bonds. The summed E-state index contributed by atoms with van der Waals surface area (Å²) in [6, 6.07) is 9.53. The van der Waals surface area contributed by atoms with Crippen LogP contribution in [-0.4, -0.2) is 19.7 Å². The fraction of sp³-hybridized carbons (Fsp3) is 0.421. The predicted molar refractivity (Wildman–Crippen MR) is 89.9 cm³/mol. The average molecular weight is 316 g/mol. The maximum Gasteiger partial charge on any atom is 0.374 e. The number of ether oxygens (including phenoxy) is 2. The quantitative estimate of drug-likeness (QED) is 0.515. The Morgan fingerprint density at radius 2 is 1.87 bits per heavy atom. The van der Waals surface area contributed by atoms with Crippen molar-refractivity contribution in [2.45, 2.75) is 39.5 Å². The Hall–Kier alpha value is -2.23. The van der Waals surface area contributed by atoms with E-state index in [0.717, 1.165) is 42.6 Å². The Bertz CT molecular complexity index is 625. The first kappa shape index (κ1) is 17.1. The zero-order chi connectivity index (χ0) is 16.7. The van der Waals surface area contributed by atoms with Crippen molar-refractivity contribution in [2.24, 2.45) is 0 Å². The van der Waals surface area contributed by atoms with Crippen molar-refractivity contribution in [1.29, 1.82) is 0 Å². The number of esters is 1. The molecule has 4 heteroatoms. The lowest BCUT2D eigenvalue weighted by Crippen LogP contribution is -2.06. The van der Waals surface area contributed by atoms with Gasteiger partial charge in [-0.2, -0.15) is 0 Å². The van der Waals surface area contributed by atoms with E-state index < -0.39 is 5.97 Å². The van der Waals surface area contributed by atoms with Gasteiger partial charge in [-0.25, -0.2) is 4.79 Å². The summed E-state index contributed by atoms with van der Waals surface area (Å²) in [6.07, 6.45) is 4.12. The van der Waals surface area contributed by atoms with E-state index >= 15 is 0 Å². The lowest BCUT2D eigenvalue weighted by Gasteiger charge is -2.02. The van der Waals surface area contributed by atoms with Crippen molar-refractivity contribution in [2.75, 3.05) is 13.7 Å². The van der Waals surface area contributed by atoms with Gasteiger partial charge in [0, 0.05) is 11.1 Å². The molecule has 0 unspecified atom stereocenters. The molecule has 0 atom stereocenters. The van der Waals surface area contributed by atoms with E-state index in [2.05, 4.69) is 6.92 Å². The van der Waals surface area contributed by atoms with E-state index in [1.165, 1.54) is 0 Å². The predicted octanol–water partition coefficient (Wildman–Crippen LogP) is 4.86. The Morgan fingerprint density at radius 1 is 1.13 bits per heavy atom. The molecule has 0 spiro atoms. The van der Waals surface area contributed by atoms with Crippen LogP contribution in [-0.2, 0) is 11.2 Å². The zero-order valence-electron chi connectivity index (χ0n) is 14.1. The Balaban J connectivity index is 2.28. The number of furan rings is 1. The van der Waals surface area contributed by atoms with E-state index in [1.807, 2.05) is 30.3 Å². The van der Waals surface area contributed by atoms with Crippen LogP contribution < -0.4 is 4.74 Å². The minimum Gasteiger partial charge on any atom is -0.497 e. The molecule has 1 aromatic heterocycles. The van der Waals surface area contributed by atoms with E-state index in [4.69, 9.17) is 13.9 Å². The average Bonchev–Trinajstić information content (AvgIpc) is 3.00. The summed E-state index contributed by atoms with van der Waals surface area (Å²) >= 11 is 0. The van der Waals surface area contributed by atoms with Crippen molar-refractivity contribution >= 4 is 5.97 Å². The van der Waals surface area contributed by atoms with Gasteiger partial charge < -0.3 is 13.9 Å². The molecule has 1 aromatic carbocycles. The molecule has 1 heterocycles. The number of aryl methyl sites for hydroxylation is 1. The third-order valence-corrected chi connectivity index (χ3v) is 3.69. The van der Waals surface area contributed by atoms with Crippen LogP contribution in [0.4, 0.5) is 0 Å². The van der Waals surface area contributed by atoms with Gasteiger partial charge in [-0.3, -0.25) is 0 Å². The standard InChI is InChI=1S/C19H24O4/c1-4-6-7-8-15-13-17(23-18(15)19(20)22-5-2)14-9-11-16(21-3)12-10-14/h9-13H,4-8H2,1-3H3. The number of hydrogen-bond acceptors (Lipinski definition) is 4. The molecule has 4 nitrogen and oxygen atoms in total. The molecule has 23 heavy (non-hydrogen) atoms. The summed E-state index contributed by atoms with van der Waals surface area (Å²) in [5, 5.41) is 0. The largest absolute Gasteiger partial charge is 0.497 e. The van der Waals surface area contributed by atoms with Crippen LogP contribution >= 0.6 is 0 Å². The SMILES string of the molecule is CCCCCc1cc(-c2ccc(OC)cc2)oc1C(=O)OCC. The molecule has 0 radical (unpaired) electrons. The third-order valence-electron chi connectivity index (χ3n) is 3.69. The zero-order valence-corrected chi connectivity index (χ0v) is 14.1. The van der Waals surface area contributed by atoms with Gasteiger partial charge in [-0.1, -0.05) is 19.8 Å². The summed E-state index contributed by atoms with van der Waals surface area (Å²) < 4.78 is 16.1. The van der Waals surface area contributed by atoms with Gasteiger partial charge >= 0.3 is 5.97 Å². The first-order valence-electron chi connectivity index (χ1n) is 8.13. The van der Waals surface area contributed by atoms with E-state index in [9.17, 15) is 4.79 Å². The minimum atomic E-state index is -0.390. The van der Waals surface area contributed by atoms with Crippen LogP contribution in [0.15, 0.2) is 34.7 Å². The van der Waals surface area contributed by atoms with Crippen molar-refractivity contribution in [3.63, 3.8) is 0 Å². The van der Waals surface area contributed by atoms with Gasteiger partial charge in [0.2, 0.25) is 5.76 Å². The van der Waals surface area contributed by atoms with Crippen molar-refractivity contribution in [1.82, 2.24) is 0 Å². The third kappa shape index (κ3) is 4.38. The molecule has 0 aliphatic carbocycles. The molecule has 0 bridgehead atoms. The normalized spacial score (nSPS) is 10.6. The fourth-order valence-corrected chi connectivity index (χ4v) is 2.45. The molecule has 124 valence electrons. The molecule has 0 aliphatic rings. The number of unbranched alkanes of at least 4 members (excludes halogenated alkanes) is 2. The van der Waals surface area contributed by atoms with Gasteiger partial charge in [0.25, 0.3) is 0 Å². The first-order chi connectivity index (χ1) is 11.2. The number of rotatable bonds is 8. The molecule has 0 fully saturated rings. The van der Waals surface area contributed by atoms with Crippen LogP contribution in [0.25, 0.3) is 11.3 Å². The number of hydrogen-bond donors (Lipinski definition) is 0. The van der Waals surface area contributed by atoms with Crippen LogP contribution in [0.5, 0.6) is 5.75 Å². The molecule has 2 aromatic rings. The first-order valence-corrected chi connectivity index (χ1v) is 8.13. The molecule has 0 saturated heterocycles. The van der Waals surface area contributed by atoms with Gasteiger partial charge in [-0.05, 0) is 50.1 Å². The highest BCUT2D eigenvalue weighted by Gasteiger charge is 2.20. The monoisotopic (exact) mass is 316 g/mol. The second-order valence-electron chi connectivity index (χ2n) is 5.37. The summed E-state index contributed by atoms with van der Waals surface area (Å²) in [5.74, 6) is 1.41. The smallest absolute Gasteiger partial charge is 0.374 e. The van der Waals surface area contributed by atoms with Crippen molar-refractivity contribution < 1.29 is 18.7 Å². The van der Waals surface area contributed by atoms with Gasteiger partial charge in [0.05, 0.1) is 13.7 Å². The Labute approximate surface area is 137 Å². The van der Waals surface area contributed by atoms with Crippen molar-refractivity contribution in [3.05, 3.63) is 41.7 Å². The minimum absolute atomic E-state index is 0.328. The second kappa shape index (κ2) is 8.42. The molecule has 0 N–H and O–H groups in total. The van der Waals surface area contributed by atoms with Gasteiger partial charge in [-0.15, -0.1) is 0 Å². The van der Waals surface area contributed by atoms with Crippen molar-refractivity contribution in [3.8, 4) is 17.1 Å². The number of carbonyl (C=O) groups is 1. The number of methoxy groups -OCH3 is 1. The van der Waals surface area contributed by atoms with Crippen LogP contribution in [0.1, 0.15) is 49.2 Å². The Kier molecular flexibility index (Phi) is 6.27. The lowest BCUT2D eigenvalue weighted by molar-refractivity contribution is 0.0489. The number of benzene rings is 1. The molecular weight excluding hydrogens is 292 g/mol. The molecule has 0 aliphatic heterocycles. The summed E-state index contributed by atoms with van der Waals surface area (Å²) in [6.45, 7) is 4.29. The molecule has 2 rings (SSSR count). The van der Waals surface area contributed by atoms with Crippen LogP contribution in [0, 0.1) is 0 Å². The molecular formula is C19H24O4. The Morgan fingerprint density at radius 3 is 2.48 bits per heavy atom. The highest BCUT2D eigenvalue weighted by atomic mass is 16.5. The summed E-state index contributed by atoms with van der Waals surface area (Å²) in [5.41, 5.74) is 1.83. The highest BCUT2D eigenvalue weighted by Crippen LogP contribution is 2.29. The number of carbonyl (C=O) groups excluding carboxylic acids is 1. The topological polar surface area (TPSA) is 48.7 Å². The van der Waals surface area contributed by atoms with E-state index in [-0.39, 0.29) is 0 Å². The summed E-state index contributed by atoms with van der Waals surface area (Å²) in [7, 11) is 1.63. The van der Waals surface area contributed by atoms with E-state index in [1.54, 1.807) is 14.0 Å². The second-order valence-corrected chi connectivity index (χ2v) is 5.37.